The second-order valence-corrected chi connectivity index (χ2v) is 7.99. The number of nitrogens with zero attached hydrogens (tertiary/aromatic N) is 1. The standard InChI is InChI=1S/C18H22N2O3S2/c21-16(22)8-2-1-5-9-20-17(23)15(25-18(20)24)10-12-11-19-14-7-4-3-6-13(12)14/h3-4,6-7,10,12,17,19,23H,1-2,5,8-9,11H2,(H,21,22)/b15-10-. The summed E-state index contributed by atoms with van der Waals surface area (Å²) in [6.45, 7) is 1.49. The van der Waals surface area contributed by atoms with Gasteiger partial charge in [0.2, 0.25) is 0 Å². The molecule has 0 amide bonds. The van der Waals surface area contributed by atoms with Crippen LogP contribution in [-0.2, 0) is 4.79 Å². The number of fused-ring (bicyclic) bond motifs is 1. The zero-order valence-corrected chi connectivity index (χ0v) is 15.5. The molecule has 1 saturated heterocycles. The van der Waals surface area contributed by atoms with E-state index >= 15 is 0 Å². The number of anilines is 1. The van der Waals surface area contributed by atoms with Crippen LogP contribution in [0.3, 0.4) is 0 Å². The minimum Gasteiger partial charge on any atom is -0.481 e. The highest BCUT2D eigenvalue weighted by molar-refractivity contribution is 8.25. The highest BCUT2D eigenvalue weighted by Crippen LogP contribution is 2.39. The summed E-state index contributed by atoms with van der Waals surface area (Å²) in [5.41, 5.74) is 2.40. The number of para-hydroxylation sites is 1. The third-order valence-electron chi connectivity index (χ3n) is 4.52. The molecule has 2 heterocycles. The molecule has 25 heavy (non-hydrogen) atoms. The average molecular weight is 379 g/mol. The minimum atomic E-state index is -0.761. The van der Waals surface area contributed by atoms with E-state index < -0.39 is 12.2 Å². The summed E-state index contributed by atoms with van der Waals surface area (Å²) in [7, 11) is 0. The molecule has 0 aliphatic carbocycles. The number of carboxylic acids is 1. The van der Waals surface area contributed by atoms with Crippen molar-refractivity contribution in [2.45, 2.75) is 37.8 Å². The van der Waals surface area contributed by atoms with Crippen LogP contribution in [0, 0.1) is 0 Å². The molecule has 3 rings (SSSR count). The topological polar surface area (TPSA) is 72.8 Å². The summed E-state index contributed by atoms with van der Waals surface area (Å²) in [4.78, 5) is 13.3. The number of rotatable bonds is 7. The second kappa shape index (κ2) is 8.21. The highest BCUT2D eigenvalue weighted by atomic mass is 32.2. The first-order valence-corrected chi connectivity index (χ1v) is 9.71. The molecule has 2 aliphatic rings. The molecule has 2 aliphatic heterocycles. The van der Waals surface area contributed by atoms with Crippen molar-refractivity contribution in [1.29, 1.82) is 0 Å². The van der Waals surface area contributed by atoms with Crippen molar-refractivity contribution in [3.63, 3.8) is 0 Å². The van der Waals surface area contributed by atoms with Gasteiger partial charge in [-0.05, 0) is 24.5 Å². The molecular formula is C18H22N2O3S2. The van der Waals surface area contributed by atoms with E-state index in [1.54, 1.807) is 0 Å². The van der Waals surface area contributed by atoms with Gasteiger partial charge in [-0.2, -0.15) is 0 Å². The predicted octanol–water partition coefficient (Wildman–Crippen LogP) is 3.38. The lowest BCUT2D eigenvalue weighted by atomic mass is 10.0. The molecule has 0 bridgehead atoms. The Labute approximate surface area is 157 Å². The molecular weight excluding hydrogens is 356 g/mol. The maximum absolute atomic E-state index is 10.6. The fourth-order valence-electron chi connectivity index (χ4n) is 3.19. The summed E-state index contributed by atoms with van der Waals surface area (Å²) in [6.07, 6.45) is 3.93. The van der Waals surface area contributed by atoms with Gasteiger partial charge in [-0.1, -0.05) is 54.7 Å². The van der Waals surface area contributed by atoms with E-state index in [0.29, 0.717) is 17.3 Å². The number of benzene rings is 1. The number of aliphatic hydroxyl groups excluding tert-OH is 1. The van der Waals surface area contributed by atoms with Gasteiger partial charge < -0.3 is 20.4 Å². The third kappa shape index (κ3) is 4.34. The lowest BCUT2D eigenvalue weighted by Gasteiger charge is -2.21. The molecule has 0 saturated carbocycles. The zero-order valence-electron chi connectivity index (χ0n) is 13.9. The van der Waals surface area contributed by atoms with Gasteiger partial charge in [-0.25, -0.2) is 0 Å². The van der Waals surface area contributed by atoms with Crippen LogP contribution in [0.2, 0.25) is 0 Å². The van der Waals surface area contributed by atoms with Crippen LogP contribution in [0.15, 0.2) is 35.2 Å². The Morgan fingerprint density at radius 3 is 2.96 bits per heavy atom. The molecule has 2 unspecified atom stereocenters. The average Bonchev–Trinajstić information content (AvgIpc) is 3.10. The third-order valence-corrected chi connectivity index (χ3v) is 5.99. The summed E-state index contributed by atoms with van der Waals surface area (Å²) in [6, 6.07) is 8.23. The number of hydrogen-bond donors (Lipinski definition) is 3. The maximum Gasteiger partial charge on any atom is 0.303 e. The smallest absolute Gasteiger partial charge is 0.303 e. The van der Waals surface area contributed by atoms with Crippen molar-refractivity contribution in [2.75, 3.05) is 18.4 Å². The van der Waals surface area contributed by atoms with Gasteiger partial charge in [0.15, 0.2) is 6.23 Å². The molecule has 5 nitrogen and oxygen atoms in total. The monoisotopic (exact) mass is 378 g/mol. The van der Waals surface area contributed by atoms with E-state index in [-0.39, 0.29) is 12.3 Å². The van der Waals surface area contributed by atoms with Crippen LogP contribution in [-0.4, -0.2) is 44.7 Å². The highest BCUT2D eigenvalue weighted by Gasteiger charge is 2.33. The minimum absolute atomic E-state index is 0.195. The Morgan fingerprint density at radius 1 is 1.36 bits per heavy atom. The van der Waals surface area contributed by atoms with Crippen molar-refractivity contribution < 1.29 is 15.0 Å². The van der Waals surface area contributed by atoms with Gasteiger partial charge in [-0.15, -0.1) is 0 Å². The molecule has 7 heteroatoms. The first-order valence-electron chi connectivity index (χ1n) is 8.49. The van der Waals surface area contributed by atoms with Gasteiger partial charge >= 0.3 is 5.97 Å². The summed E-state index contributed by atoms with van der Waals surface area (Å²) < 4.78 is 0.691. The van der Waals surface area contributed by atoms with E-state index in [1.807, 2.05) is 17.0 Å². The SMILES string of the molecule is O=C(O)CCCCCN1C(=S)S/C(=C\C2CNc3ccccc32)C1O. The molecule has 1 aromatic carbocycles. The second-order valence-electron chi connectivity index (χ2n) is 6.28. The quantitative estimate of drug-likeness (QED) is 0.496. The van der Waals surface area contributed by atoms with Crippen LogP contribution >= 0.6 is 24.0 Å². The van der Waals surface area contributed by atoms with Gasteiger partial charge in [0.05, 0.1) is 0 Å². The molecule has 0 aromatic heterocycles. The summed E-state index contributed by atoms with van der Waals surface area (Å²) in [5.74, 6) is -0.519. The van der Waals surface area contributed by atoms with Crippen LogP contribution < -0.4 is 5.32 Å². The molecule has 1 aromatic rings. The van der Waals surface area contributed by atoms with Crippen LogP contribution in [0.25, 0.3) is 0 Å². The molecule has 0 radical (unpaired) electrons. The largest absolute Gasteiger partial charge is 0.481 e. The number of aliphatic carboxylic acids is 1. The summed E-state index contributed by atoms with van der Waals surface area (Å²) in [5, 5.41) is 22.7. The normalized spacial score (nSPS) is 23.8. The molecule has 134 valence electrons. The van der Waals surface area contributed by atoms with Crippen LogP contribution in [0.4, 0.5) is 5.69 Å². The Hall–Kier alpha value is -1.57. The lowest BCUT2D eigenvalue weighted by Crippen LogP contribution is -2.33. The first-order chi connectivity index (χ1) is 12.1. The van der Waals surface area contributed by atoms with E-state index in [4.69, 9.17) is 17.3 Å². The molecule has 3 N–H and O–H groups in total. The Bertz CT molecular complexity index is 693. The van der Waals surface area contributed by atoms with Crippen molar-refractivity contribution in [3.05, 3.63) is 40.8 Å². The van der Waals surface area contributed by atoms with Crippen molar-refractivity contribution >= 4 is 40.0 Å². The number of carbonyl (C=O) groups is 1. The van der Waals surface area contributed by atoms with Crippen molar-refractivity contribution in [2.24, 2.45) is 0 Å². The zero-order chi connectivity index (χ0) is 17.8. The van der Waals surface area contributed by atoms with E-state index in [2.05, 4.69) is 23.5 Å². The Balaban J connectivity index is 1.58. The number of carboxylic acid groups (broad SMARTS) is 1. The van der Waals surface area contributed by atoms with Gasteiger partial charge in [0, 0.05) is 36.0 Å². The number of aliphatic hydroxyl groups is 1. The Kier molecular flexibility index (Phi) is 5.98. The number of nitrogens with one attached hydrogen (secondary N) is 1. The van der Waals surface area contributed by atoms with E-state index in [0.717, 1.165) is 30.0 Å². The van der Waals surface area contributed by atoms with Crippen LogP contribution in [0.1, 0.15) is 37.2 Å². The fourth-order valence-corrected chi connectivity index (χ4v) is 4.65. The fraction of sp³-hybridized carbons (Fsp3) is 0.444. The summed E-state index contributed by atoms with van der Waals surface area (Å²) >= 11 is 6.87. The molecule has 2 atom stereocenters. The van der Waals surface area contributed by atoms with Gasteiger partial charge in [-0.3, -0.25) is 4.79 Å². The number of unbranched alkanes of at least 4 members (excludes halogenated alkanes) is 2. The lowest BCUT2D eigenvalue weighted by molar-refractivity contribution is -0.137. The number of hydrogen-bond acceptors (Lipinski definition) is 5. The Morgan fingerprint density at radius 2 is 2.16 bits per heavy atom. The van der Waals surface area contributed by atoms with E-state index in [9.17, 15) is 9.90 Å². The van der Waals surface area contributed by atoms with Crippen molar-refractivity contribution in [3.8, 4) is 0 Å². The van der Waals surface area contributed by atoms with Crippen molar-refractivity contribution in [1.82, 2.24) is 4.90 Å². The van der Waals surface area contributed by atoms with Crippen LogP contribution in [0.5, 0.6) is 0 Å². The number of thioether (sulfide) groups is 1. The van der Waals surface area contributed by atoms with E-state index in [1.165, 1.54) is 17.3 Å². The number of thiocarbonyl (C=S) groups is 1. The first kappa shape index (κ1) is 18.2. The van der Waals surface area contributed by atoms with Gasteiger partial charge in [0.1, 0.15) is 4.32 Å². The molecule has 1 fully saturated rings. The predicted molar refractivity (Wildman–Crippen MR) is 105 cm³/mol. The maximum atomic E-state index is 10.6. The van der Waals surface area contributed by atoms with Gasteiger partial charge in [0.25, 0.3) is 0 Å². The molecule has 0 spiro atoms.